The summed E-state index contributed by atoms with van der Waals surface area (Å²) in [7, 11) is 0. The summed E-state index contributed by atoms with van der Waals surface area (Å²) < 4.78 is 14.0. The van der Waals surface area contributed by atoms with E-state index >= 15 is 0 Å². The topological polar surface area (TPSA) is 61.4 Å². The van der Waals surface area contributed by atoms with Crippen LogP contribution >= 0.6 is 0 Å². The lowest BCUT2D eigenvalue weighted by molar-refractivity contribution is 0.0741. The summed E-state index contributed by atoms with van der Waals surface area (Å²) in [6.45, 7) is 2.93. The van der Waals surface area contributed by atoms with Crippen molar-refractivity contribution in [2.45, 2.75) is 6.54 Å². The zero-order valence-corrected chi connectivity index (χ0v) is 16.0. The average Bonchev–Trinajstić information content (AvgIpc) is 2.79. The maximum atomic E-state index is 14.0. The molecule has 3 aromatic rings. The fraction of sp³-hybridized carbons (Fsp3) is 0.227. The van der Waals surface area contributed by atoms with Gasteiger partial charge >= 0.3 is 0 Å². The van der Waals surface area contributed by atoms with Gasteiger partial charge in [0.25, 0.3) is 5.91 Å². The van der Waals surface area contributed by atoms with E-state index in [4.69, 9.17) is 0 Å². The molecule has 0 saturated carbocycles. The second-order valence-corrected chi connectivity index (χ2v) is 6.87. The van der Waals surface area contributed by atoms with Crippen molar-refractivity contribution in [1.82, 2.24) is 14.9 Å². The highest BCUT2D eigenvalue weighted by Crippen LogP contribution is 2.20. The highest BCUT2D eigenvalue weighted by molar-refractivity contribution is 5.92. The van der Waals surface area contributed by atoms with E-state index < -0.39 is 0 Å². The van der Waals surface area contributed by atoms with Gasteiger partial charge in [0.2, 0.25) is 0 Å². The molecular formula is C22H22FN5O. The number of nitrogens with one attached hydrogen (secondary N) is 1. The number of halogens is 1. The first-order valence-corrected chi connectivity index (χ1v) is 9.58. The number of nitrogens with zero attached hydrogens (tertiary/aromatic N) is 4. The van der Waals surface area contributed by atoms with E-state index in [0.29, 0.717) is 44.1 Å². The van der Waals surface area contributed by atoms with Crippen LogP contribution in [0.15, 0.2) is 67.1 Å². The van der Waals surface area contributed by atoms with Crippen molar-refractivity contribution in [2.75, 3.05) is 36.4 Å². The molecule has 6 nitrogen and oxygen atoms in total. The largest absolute Gasteiger partial charge is 0.380 e. The SMILES string of the molecule is O=C(c1ccc(NCc2ccncc2)cn1)N1CCN(c2ccccc2F)CC1. The minimum atomic E-state index is -0.233. The number of hydrogen-bond acceptors (Lipinski definition) is 5. The van der Waals surface area contributed by atoms with Crippen molar-refractivity contribution in [3.8, 4) is 0 Å². The number of amides is 1. The molecule has 2 aromatic heterocycles. The van der Waals surface area contributed by atoms with Gasteiger partial charge in [-0.25, -0.2) is 9.37 Å². The first kappa shape index (κ1) is 18.9. The number of piperazine rings is 1. The Morgan fingerprint density at radius 2 is 1.76 bits per heavy atom. The van der Waals surface area contributed by atoms with Gasteiger partial charge in [-0.3, -0.25) is 9.78 Å². The molecule has 0 bridgehead atoms. The molecule has 4 rings (SSSR count). The molecule has 0 spiro atoms. The van der Waals surface area contributed by atoms with Crippen LogP contribution in [0.25, 0.3) is 0 Å². The zero-order valence-electron chi connectivity index (χ0n) is 16.0. The predicted octanol–water partition coefficient (Wildman–Crippen LogP) is 3.19. The number of pyridine rings is 2. The number of hydrogen-bond donors (Lipinski definition) is 1. The van der Waals surface area contributed by atoms with Gasteiger partial charge in [0, 0.05) is 45.1 Å². The first-order valence-electron chi connectivity index (χ1n) is 9.58. The van der Waals surface area contributed by atoms with Crippen LogP contribution in [0, 0.1) is 5.82 Å². The number of carbonyl (C=O) groups excluding carboxylic acids is 1. The van der Waals surface area contributed by atoms with Crippen molar-refractivity contribution in [1.29, 1.82) is 0 Å². The lowest BCUT2D eigenvalue weighted by atomic mass is 10.2. The number of anilines is 2. The van der Waals surface area contributed by atoms with Crippen LogP contribution in [-0.4, -0.2) is 47.0 Å². The van der Waals surface area contributed by atoms with Crippen LogP contribution in [0.1, 0.15) is 16.1 Å². The second-order valence-electron chi connectivity index (χ2n) is 6.87. The Morgan fingerprint density at radius 1 is 1.00 bits per heavy atom. The molecule has 3 heterocycles. The van der Waals surface area contributed by atoms with E-state index in [0.717, 1.165) is 11.3 Å². The molecule has 0 unspecified atom stereocenters. The van der Waals surface area contributed by atoms with Gasteiger partial charge < -0.3 is 15.1 Å². The molecule has 7 heteroatoms. The Balaban J connectivity index is 1.32. The van der Waals surface area contributed by atoms with Crippen LogP contribution in [0.3, 0.4) is 0 Å². The van der Waals surface area contributed by atoms with Gasteiger partial charge in [-0.2, -0.15) is 0 Å². The van der Waals surface area contributed by atoms with Gasteiger partial charge in [0.1, 0.15) is 11.5 Å². The number of para-hydroxylation sites is 1. The number of rotatable bonds is 5. The van der Waals surface area contributed by atoms with Crippen molar-refractivity contribution in [3.05, 3.63) is 84.2 Å². The fourth-order valence-electron chi connectivity index (χ4n) is 3.35. The summed E-state index contributed by atoms with van der Waals surface area (Å²) in [5.74, 6) is -0.331. The normalized spacial score (nSPS) is 14.0. The molecule has 1 amide bonds. The quantitative estimate of drug-likeness (QED) is 0.724. The maximum absolute atomic E-state index is 14.0. The molecule has 0 atom stereocenters. The fourth-order valence-corrected chi connectivity index (χ4v) is 3.35. The molecule has 0 aliphatic carbocycles. The number of aromatic nitrogens is 2. The van der Waals surface area contributed by atoms with Crippen LogP contribution in [0.2, 0.25) is 0 Å². The van der Waals surface area contributed by atoms with Crippen LogP contribution < -0.4 is 10.2 Å². The van der Waals surface area contributed by atoms with E-state index in [-0.39, 0.29) is 11.7 Å². The second kappa shape index (κ2) is 8.68. The molecule has 1 aromatic carbocycles. The van der Waals surface area contributed by atoms with Gasteiger partial charge in [0.15, 0.2) is 0 Å². The van der Waals surface area contributed by atoms with E-state index in [2.05, 4.69) is 15.3 Å². The lowest BCUT2D eigenvalue weighted by Crippen LogP contribution is -2.49. The minimum Gasteiger partial charge on any atom is -0.380 e. The van der Waals surface area contributed by atoms with E-state index in [9.17, 15) is 9.18 Å². The van der Waals surface area contributed by atoms with Crippen molar-refractivity contribution >= 4 is 17.3 Å². The molecule has 1 aliphatic rings. The van der Waals surface area contributed by atoms with Crippen LogP contribution in [-0.2, 0) is 6.54 Å². The van der Waals surface area contributed by atoms with Gasteiger partial charge in [0.05, 0.1) is 17.6 Å². The number of benzene rings is 1. The van der Waals surface area contributed by atoms with Gasteiger partial charge in [-0.05, 0) is 42.0 Å². The molecule has 0 radical (unpaired) electrons. The lowest BCUT2D eigenvalue weighted by Gasteiger charge is -2.36. The average molecular weight is 391 g/mol. The van der Waals surface area contributed by atoms with Gasteiger partial charge in [-0.15, -0.1) is 0 Å². The molecule has 1 aliphatic heterocycles. The highest BCUT2D eigenvalue weighted by atomic mass is 19.1. The van der Waals surface area contributed by atoms with E-state index in [1.807, 2.05) is 29.2 Å². The Bertz CT molecular complexity index is 956. The van der Waals surface area contributed by atoms with E-state index in [1.54, 1.807) is 41.7 Å². The predicted molar refractivity (Wildman–Crippen MR) is 110 cm³/mol. The summed E-state index contributed by atoms with van der Waals surface area (Å²) in [4.78, 5) is 24.8. The molecule has 29 heavy (non-hydrogen) atoms. The number of carbonyl (C=O) groups is 1. The molecule has 1 N–H and O–H groups in total. The monoisotopic (exact) mass is 391 g/mol. The summed E-state index contributed by atoms with van der Waals surface area (Å²) in [5.41, 5.74) is 2.97. The third-order valence-electron chi connectivity index (χ3n) is 4.99. The Kier molecular flexibility index (Phi) is 5.65. The van der Waals surface area contributed by atoms with Crippen LogP contribution in [0.4, 0.5) is 15.8 Å². The maximum Gasteiger partial charge on any atom is 0.272 e. The molecule has 148 valence electrons. The molecular weight excluding hydrogens is 369 g/mol. The highest BCUT2D eigenvalue weighted by Gasteiger charge is 2.24. The Morgan fingerprint density at radius 3 is 2.45 bits per heavy atom. The summed E-state index contributed by atoms with van der Waals surface area (Å²) in [5, 5.41) is 3.28. The van der Waals surface area contributed by atoms with E-state index in [1.165, 1.54) is 6.07 Å². The Hall–Kier alpha value is -3.48. The van der Waals surface area contributed by atoms with Crippen molar-refractivity contribution < 1.29 is 9.18 Å². The van der Waals surface area contributed by atoms with Crippen LogP contribution in [0.5, 0.6) is 0 Å². The molecule has 1 fully saturated rings. The van der Waals surface area contributed by atoms with Crippen molar-refractivity contribution in [3.63, 3.8) is 0 Å². The zero-order chi connectivity index (χ0) is 20.1. The van der Waals surface area contributed by atoms with Gasteiger partial charge in [-0.1, -0.05) is 12.1 Å². The smallest absolute Gasteiger partial charge is 0.272 e. The molecule has 1 saturated heterocycles. The Labute approximate surface area is 169 Å². The standard InChI is InChI=1S/C22H22FN5O/c23-19-3-1-2-4-21(19)27-11-13-28(14-12-27)22(29)20-6-5-18(16-26-20)25-15-17-7-9-24-10-8-17/h1-10,16,25H,11-15H2. The third kappa shape index (κ3) is 4.51. The third-order valence-corrected chi connectivity index (χ3v) is 4.99. The summed E-state index contributed by atoms with van der Waals surface area (Å²) in [6.07, 6.45) is 5.18. The van der Waals surface area contributed by atoms with Crippen molar-refractivity contribution in [2.24, 2.45) is 0 Å². The summed E-state index contributed by atoms with van der Waals surface area (Å²) >= 11 is 0. The first-order chi connectivity index (χ1) is 14.2. The summed E-state index contributed by atoms with van der Waals surface area (Å²) in [6, 6.07) is 14.2. The minimum absolute atomic E-state index is 0.0983.